The molecule has 1 heterocycles. The van der Waals surface area contributed by atoms with Crippen LogP contribution in [0, 0.1) is 32.8 Å². The van der Waals surface area contributed by atoms with Gasteiger partial charge in [-0.15, -0.1) is 0 Å². The fourth-order valence-electron chi connectivity index (χ4n) is 2.21. The molecule has 0 saturated heterocycles. The topological polar surface area (TPSA) is 117 Å². The van der Waals surface area contributed by atoms with Crippen LogP contribution in [0.4, 0.5) is 5.69 Å². The van der Waals surface area contributed by atoms with Crippen molar-refractivity contribution in [3.05, 3.63) is 69.8 Å². The van der Waals surface area contributed by atoms with Crippen molar-refractivity contribution in [2.75, 3.05) is 0 Å². The molecule has 2 aromatic carbocycles. The van der Waals surface area contributed by atoms with E-state index in [1.807, 2.05) is 12.1 Å². The lowest BCUT2D eigenvalue weighted by atomic mass is 10.1. The van der Waals surface area contributed by atoms with E-state index in [1.54, 1.807) is 30.3 Å². The number of nitro benzene ring substituents is 1. The highest BCUT2D eigenvalue weighted by molar-refractivity contribution is 5.74. The predicted molar refractivity (Wildman–Crippen MR) is 83.5 cm³/mol. The molecule has 0 aliphatic carbocycles. The fraction of sp³-hybridized carbons (Fsp3) is 0. The molecule has 0 bridgehead atoms. The van der Waals surface area contributed by atoms with Crippen LogP contribution in [0.3, 0.4) is 0 Å². The quantitative estimate of drug-likeness (QED) is 0.537. The van der Waals surface area contributed by atoms with Crippen molar-refractivity contribution in [2.24, 2.45) is 0 Å². The second-order valence-corrected chi connectivity index (χ2v) is 4.87. The lowest BCUT2D eigenvalue weighted by molar-refractivity contribution is -0.384. The van der Waals surface area contributed by atoms with Gasteiger partial charge in [0.05, 0.1) is 33.8 Å². The third-order valence-corrected chi connectivity index (χ3v) is 3.41. The van der Waals surface area contributed by atoms with E-state index in [2.05, 4.69) is 5.16 Å². The smallest absolute Gasteiger partial charge is 0.281 e. The largest absolute Gasteiger partial charge is 0.355 e. The molecule has 0 unspecified atom stereocenters. The van der Waals surface area contributed by atoms with Gasteiger partial charge in [-0.1, -0.05) is 17.3 Å². The van der Waals surface area contributed by atoms with Gasteiger partial charge in [0.1, 0.15) is 5.69 Å². The van der Waals surface area contributed by atoms with Crippen molar-refractivity contribution < 1.29 is 9.45 Å². The first-order valence-corrected chi connectivity index (χ1v) is 6.78. The number of nitrogens with zero attached hydrogens (tertiary/aromatic N) is 4. The van der Waals surface area contributed by atoms with Crippen LogP contribution < -0.4 is 0 Å². The molecule has 24 heavy (non-hydrogen) atoms. The molecule has 0 atom stereocenters. The zero-order valence-corrected chi connectivity index (χ0v) is 12.1. The zero-order valence-electron chi connectivity index (χ0n) is 12.1. The van der Waals surface area contributed by atoms with Crippen molar-refractivity contribution >= 4 is 5.69 Å². The highest BCUT2D eigenvalue weighted by Crippen LogP contribution is 2.33. The molecule has 114 valence electrons. The summed E-state index contributed by atoms with van der Waals surface area (Å²) in [5, 5.41) is 32.8. The molecule has 0 amide bonds. The maximum absolute atomic E-state index is 11.2. The Morgan fingerprint density at radius 2 is 1.67 bits per heavy atom. The van der Waals surface area contributed by atoms with E-state index in [0.717, 1.165) is 5.56 Å². The van der Waals surface area contributed by atoms with E-state index in [1.165, 1.54) is 18.2 Å². The van der Waals surface area contributed by atoms with Crippen molar-refractivity contribution in [3.63, 3.8) is 0 Å². The van der Waals surface area contributed by atoms with E-state index in [4.69, 9.17) is 15.0 Å². The van der Waals surface area contributed by atoms with Gasteiger partial charge in [0.2, 0.25) is 0 Å². The van der Waals surface area contributed by atoms with Crippen molar-refractivity contribution in [1.29, 1.82) is 10.5 Å². The van der Waals surface area contributed by atoms with Crippen LogP contribution in [0.1, 0.15) is 11.1 Å². The molecule has 1 aromatic heterocycles. The molecule has 0 aliphatic heterocycles. The van der Waals surface area contributed by atoms with Crippen LogP contribution in [-0.4, -0.2) is 10.1 Å². The van der Waals surface area contributed by atoms with E-state index in [9.17, 15) is 10.1 Å². The standard InChI is InChI=1S/C17H8N4O3/c18-9-11-1-4-13(5-2-11)15-8-17(24-20-15)14-6-3-12(10-19)7-16(14)21(22)23/h1-8H. The molecule has 0 spiro atoms. The Morgan fingerprint density at radius 3 is 2.29 bits per heavy atom. The van der Waals surface area contributed by atoms with E-state index in [0.29, 0.717) is 11.3 Å². The van der Waals surface area contributed by atoms with Gasteiger partial charge in [0, 0.05) is 17.7 Å². The third kappa shape index (κ3) is 2.70. The number of aromatic nitrogens is 1. The summed E-state index contributed by atoms with van der Waals surface area (Å²) >= 11 is 0. The minimum Gasteiger partial charge on any atom is -0.355 e. The minimum atomic E-state index is -0.569. The first-order chi connectivity index (χ1) is 11.6. The van der Waals surface area contributed by atoms with Gasteiger partial charge in [0.15, 0.2) is 5.76 Å². The van der Waals surface area contributed by atoms with E-state index >= 15 is 0 Å². The monoisotopic (exact) mass is 316 g/mol. The number of hydrogen-bond acceptors (Lipinski definition) is 6. The maximum Gasteiger partial charge on any atom is 0.281 e. The number of nitro groups is 1. The van der Waals surface area contributed by atoms with Crippen LogP contribution in [0.2, 0.25) is 0 Å². The highest BCUT2D eigenvalue weighted by atomic mass is 16.6. The van der Waals surface area contributed by atoms with Crippen molar-refractivity contribution in [3.8, 4) is 34.7 Å². The van der Waals surface area contributed by atoms with Crippen LogP contribution in [0.25, 0.3) is 22.6 Å². The molecule has 7 heteroatoms. The lowest BCUT2D eigenvalue weighted by Gasteiger charge is -1.98. The van der Waals surface area contributed by atoms with Crippen LogP contribution in [-0.2, 0) is 0 Å². The Morgan fingerprint density at radius 1 is 1.00 bits per heavy atom. The molecular formula is C17H8N4O3. The Kier molecular flexibility index (Phi) is 3.76. The van der Waals surface area contributed by atoms with Gasteiger partial charge in [-0.2, -0.15) is 10.5 Å². The van der Waals surface area contributed by atoms with Crippen molar-refractivity contribution in [2.45, 2.75) is 0 Å². The molecule has 0 aliphatic rings. The molecule has 7 nitrogen and oxygen atoms in total. The molecule has 0 radical (unpaired) electrons. The third-order valence-electron chi connectivity index (χ3n) is 3.41. The average molecular weight is 316 g/mol. The molecule has 0 N–H and O–H groups in total. The molecular weight excluding hydrogens is 308 g/mol. The molecule has 0 saturated carbocycles. The minimum absolute atomic E-state index is 0.192. The second kappa shape index (κ2) is 6.03. The van der Waals surface area contributed by atoms with Gasteiger partial charge in [0.25, 0.3) is 5.69 Å². The highest BCUT2D eigenvalue weighted by Gasteiger charge is 2.20. The summed E-state index contributed by atoms with van der Waals surface area (Å²) in [6.07, 6.45) is 0. The molecule has 3 aromatic rings. The first-order valence-electron chi connectivity index (χ1n) is 6.78. The fourth-order valence-corrected chi connectivity index (χ4v) is 2.21. The van der Waals surface area contributed by atoms with Crippen LogP contribution >= 0.6 is 0 Å². The normalized spacial score (nSPS) is 9.92. The maximum atomic E-state index is 11.2. The number of benzene rings is 2. The average Bonchev–Trinajstić information content (AvgIpc) is 3.11. The number of rotatable bonds is 3. The Hall–Kier alpha value is -3.97. The number of hydrogen-bond donors (Lipinski definition) is 0. The number of nitriles is 2. The van der Waals surface area contributed by atoms with Gasteiger partial charge in [-0.05, 0) is 24.3 Å². The van der Waals surface area contributed by atoms with Gasteiger partial charge in [-0.25, -0.2) is 0 Å². The summed E-state index contributed by atoms with van der Waals surface area (Å²) in [5.41, 5.74) is 1.94. The summed E-state index contributed by atoms with van der Waals surface area (Å²) < 4.78 is 5.22. The van der Waals surface area contributed by atoms with Gasteiger partial charge < -0.3 is 4.52 Å². The summed E-state index contributed by atoms with van der Waals surface area (Å²) in [6.45, 7) is 0. The summed E-state index contributed by atoms with van der Waals surface area (Å²) in [5.74, 6) is 0.227. The summed E-state index contributed by atoms with van der Waals surface area (Å²) in [4.78, 5) is 10.6. The van der Waals surface area contributed by atoms with Crippen LogP contribution in [0.15, 0.2) is 53.1 Å². The molecule has 3 rings (SSSR count). The Bertz CT molecular complexity index is 1010. The molecule has 0 fully saturated rings. The first kappa shape index (κ1) is 14.9. The lowest BCUT2D eigenvalue weighted by Crippen LogP contribution is -1.92. The Balaban J connectivity index is 2.03. The summed E-state index contributed by atoms with van der Waals surface area (Å²) in [7, 11) is 0. The predicted octanol–water partition coefficient (Wildman–Crippen LogP) is 3.66. The SMILES string of the molecule is N#Cc1ccc(-c2cc(-c3ccc(C#N)cc3[N+](=O)[O-])on2)cc1. The van der Waals surface area contributed by atoms with Gasteiger partial charge >= 0.3 is 0 Å². The van der Waals surface area contributed by atoms with Crippen LogP contribution in [0.5, 0.6) is 0 Å². The van der Waals surface area contributed by atoms with E-state index < -0.39 is 4.92 Å². The second-order valence-electron chi connectivity index (χ2n) is 4.87. The van der Waals surface area contributed by atoms with Gasteiger partial charge in [-0.3, -0.25) is 10.1 Å². The summed E-state index contributed by atoms with van der Waals surface area (Å²) in [6, 6.07) is 16.3. The van der Waals surface area contributed by atoms with E-state index in [-0.39, 0.29) is 22.6 Å². The zero-order chi connectivity index (χ0) is 17.1. The van der Waals surface area contributed by atoms with Crippen molar-refractivity contribution in [1.82, 2.24) is 5.16 Å². The Labute approximate surface area is 136 Å².